The van der Waals surface area contributed by atoms with Gasteiger partial charge in [-0.3, -0.25) is 9.69 Å². The molecule has 1 aliphatic heterocycles. The molecule has 2 rings (SSSR count). The van der Waals surface area contributed by atoms with E-state index in [2.05, 4.69) is 16.3 Å². The minimum absolute atomic E-state index is 0.293. The largest absolute Gasteiger partial charge is 0.300 e. The van der Waals surface area contributed by atoms with E-state index in [9.17, 15) is 4.79 Å². The van der Waals surface area contributed by atoms with Gasteiger partial charge in [0.1, 0.15) is 5.78 Å². The van der Waals surface area contributed by atoms with Gasteiger partial charge in [-0.1, -0.05) is 0 Å². The van der Waals surface area contributed by atoms with Gasteiger partial charge in [-0.15, -0.1) is 11.3 Å². The molecule has 1 aliphatic rings. The second-order valence-electron chi connectivity index (χ2n) is 3.85. The number of ketones is 1. The van der Waals surface area contributed by atoms with E-state index in [-0.39, 0.29) is 0 Å². The standard InChI is InChI=1S/C11H15NOS/c1-9(13)2-5-12-6-3-11-10(8-12)4-7-14-11/h4,7H,2-3,5-6,8H2,1H3. The highest BCUT2D eigenvalue weighted by atomic mass is 32.1. The van der Waals surface area contributed by atoms with Gasteiger partial charge in [0, 0.05) is 30.9 Å². The predicted octanol–water partition coefficient (Wildman–Crippen LogP) is 2.09. The molecule has 0 amide bonds. The maximum absolute atomic E-state index is 10.9. The molecule has 0 saturated carbocycles. The zero-order valence-corrected chi connectivity index (χ0v) is 9.27. The molecule has 0 fully saturated rings. The summed E-state index contributed by atoms with van der Waals surface area (Å²) in [6.45, 7) is 4.73. The first-order valence-electron chi connectivity index (χ1n) is 5.03. The zero-order chi connectivity index (χ0) is 9.97. The Morgan fingerprint density at radius 2 is 2.50 bits per heavy atom. The molecule has 0 unspecified atom stereocenters. The molecule has 0 aromatic carbocycles. The minimum atomic E-state index is 0.293. The SMILES string of the molecule is CC(=O)CCN1CCc2sccc2C1. The van der Waals surface area contributed by atoms with E-state index >= 15 is 0 Å². The van der Waals surface area contributed by atoms with Crippen molar-refractivity contribution in [3.8, 4) is 0 Å². The van der Waals surface area contributed by atoms with Crippen LogP contribution < -0.4 is 0 Å². The number of carbonyl (C=O) groups is 1. The summed E-state index contributed by atoms with van der Waals surface area (Å²) in [6, 6.07) is 2.21. The van der Waals surface area contributed by atoms with E-state index in [0.29, 0.717) is 12.2 Å². The molecule has 2 heterocycles. The van der Waals surface area contributed by atoms with Crippen LogP contribution >= 0.6 is 11.3 Å². The lowest BCUT2D eigenvalue weighted by atomic mass is 10.1. The molecule has 14 heavy (non-hydrogen) atoms. The van der Waals surface area contributed by atoms with Crippen molar-refractivity contribution in [2.75, 3.05) is 13.1 Å². The molecule has 76 valence electrons. The van der Waals surface area contributed by atoms with Crippen molar-refractivity contribution in [2.24, 2.45) is 0 Å². The van der Waals surface area contributed by atoms with Crippen LogP contribution in [0.3, 0.4) is 0 Å². The van der Waals surface area contributed by atoms with Crippen LogP contribution in [0.1, 0.15) is 23.8 Å². The summed E-state index contributed by atoms with van der Waals surface area (Å²) in [5, 5.41) is 2.17. The second kappa shape index (κ2) is 4.24. The Morgan fingerprint density at radius 1 is 1.64 bits per heavy atom. The van der Waals surface area contributed by atoms with E-state index in [1.807, 2.05) is 11.3 Å². The molecule has 0 radical (unpaired) electrons. The molecule has 0 bridgehead atoms. The molecule has 0 spiro atoms. The topological polar surface area (TPSA) is 20.3 Å². The van der Waals surface area contributed by atoms with Crippen LogP contribution in [-0.4, -0.2) is 23.8 Å². The van der Waals surface area contributed by atoms with E-state index < -0.39 is 0 Å². The number of rotatable bonds is 3. The van der Waals surface area contributed by atoms with Crippen molar-refractivity contribution in [2.45, 2.75) is 26.3 Å². The first kappa shape index (κ1) is 9.87. The number of Topliss-reactive ketones (excluding diaryl/α,β-unsaturated/α-hetero) is 1. The van der Waals surface area contributed by atoms with Crippen LogP contribution in [0.25, 0.3) is 0 Å². The van der Waals surface area contributed by atoms with Crippen molar-refractivity contribution in [3.05, 3.63) is 21.9 Å². The van der Waals surface area contributed by atoms with E-state index in [1.165, 1.54) is 10.4 Å². The van der Waals surface area contributed by atoms with Crippen LogP contribution in [0.5, 0.6) is 0 Å². The van der Waals surface area contributed by atoms with Gasteiger partial charge in [0.25, 0.3) is 0 Å². The average Bonchev–Trinajstić information content (AvgIpc) is 2.61. The normalized spacial score (nSPS) is 16.6. The summed E-state index contributed by atoms with van der Waals surface area (Å²) in [5.41, 5.74) is 1.46. The number of carbonyl (C=O) groups excluding carboxylic acids is 1. The number of nitrogens with zero attached hydrogens (tertiary/aromatic N) is 1. The van der Waals surface area contributed by atoms with Gasteiger partial charge >= 0.3 is 0 Å². The van der Waals surface area contributed by atoms with Crippen LogP contribution in [-0.2, 0) is 17.8 Å². The molecule has 3 heteroatoms. The fourth-order valence-corrected chi connectivity index (χ4v) is 2.70. The van der Waals surface area contributed by atoms with Gasteiger partial charge in [0.15, 0.2) is 0 Å². The maximum atomic E-state index is 10.9. The van der Waals surface area contributed by atoms with Crippen LogP contribution in [0.15, 0.2) is 11.4 Å². The summed E-state index contributed by atoms with van der Waals surface area (Å²) < 4.78 is 0. The zero-order valence-electron chi connectivity index (χ0n) is 8.45. The average molecular weight is 209 g/mol. The molecule has 2 nitrogen and oxygen atoms in total. The number of hydrogen-bond acceptors (Lipinski definition) is 3. The van der Waals surface area contributed by atoms with Crippen molar-refractivity contribution in [1.82, 2.24) is 4.90 Å². The predicted molar refractivity (Wildman–Crippen MR) is 58.6 cm³/mol. The Morgan fingerprint density at radius 3 is 3.29 bits per heavy atom. The molecule has 0 saturated heterocycles. The molecular formula is C11H15NOS. The molecule has 0 atom stereocenters. The quantitative estimate of drug-likeness (QED) is 0.759. The van der Waals surface area contributed by atoms with Gasteiger partial charge in [-0.25, -0.2) is 0 Å². The smallest absolute Gasteiger partial charge is 0.131 e. The highest BCUT2D eigenvalue weighted by Crippen LogP contribution is 2.23. The molecule has 0 aliphatic carbocycles. The Bertz CT molecular complexity index is 332. The Hall–Kier alpha value is -0.670. The third-order valence-electron chi connectivity index (χ3n) is 2.67. The highest BCUT2D eigenvalue weighted by Gasteiger charge is 2.16. The molecule has 0 N–H and O–H groups in total. The summed E-state index contributed by atoms with van der Waals surface area (Å²) in [5.74, 6) is 0.293. The Labute approximate surface area is 88.5 Å². The van der Waals surface area contributed by atoms with Crippen LogP contribution in [0.2, 0.25) is 0 Å². The number of thiophene rings is 1. The third kappa shape index (κ3) is 2.22. The Balaban J connectivity index is 1.91. The van der Waals surface area contributed by atoms with Gasteiger partial charge in [0.05, 0.1) is 0 Å². The fraction of sp³-hybridized carbons (Fsp3) is 0.545. The summed E-state index contributed by atoms with van der Waals surface area (Å²) in [4.78, 5) is 14.8. The summed E-state index contributed by atoms with van der Waals surface area (Å²) in [6.07, 6.45) is 1.85. The van der Waals surface area contributed by atoms with Crippen molar-refractivity contribution in [1.29, 1.82) is 0 Å². The second-order valence-corrected chi connectivity index (χ2v) is 4.85. The highest BCUT2D eigenvalue weighted by molar-refractivity contribution is 7.10. The summed E-state index contributed by atoms with van der Waals surface area (Å²) >= 11 is 1.86. The monoisotopic (exact) mass is 209 g/mol. The van der Waals surface area contributed by atoms with Crippen molar-refractivity contribution >= 4 is 17.1 Å². The molecular weight excluding hydrogens is 194 g/mol. The lowest BCUT2D eigenvalue weighted by molar-refractivity contribution is -0.117. The van der Waals surface area contributed by atoms with Gasteiger partial charge in [-0.05, 0) is 30.4 Å². The van der Waals surface area contributed by atoms with Crippen LogP contribution in [0.4, 0.5) is 0 Å². The molecule has 1 aromatic heterocycles. The lowest BCUT2D eigenvalue weighted by Gasteiger charge is -2.26. The lowest BCUT2D eigenvalue weighted by Crippen LogP contribution is -2.31. The van der Waals surface area contributed by atoms with Crippen molar-refractivity contribution < 1.29 is 4.79 Å². The van der Waals surface area contributed by atoms with E-state index in [4.69, 9.17) is 0 Å². The molecule has 1 aromatic rings. The van der Waals surface area contributed by atoms with Gasteiger partial charge < -0.3 is 0 Å². The fourth-order valence-electron chi connectivity index (χ4n) is 1.81. The van der Waals surface area contributed by atoms with Crippen LogP contribution in [0, 0.1) is 0 Å². The first-order valence-corrected chi connectivity index (χ1v) is 5.90. The maximum Gasteiger partial charge on any atom is 0.131 e. The van der Waals surface area contributed by atoms with Gasteiger partial charge in [0.2, 0.25) is 0 Å². The number of hydrogen-bond donors (Lipinski definition) is 0. The Kier molecular flexibility index (Phi) is 2.99. The summed E-state index contributed by atoms with van der Waals surface area (Å²) in [7, 11) is 0. The first-order chi connectivity index (χ1) is 6.75. The van der Waals surface area contributed by atoms with Gasteiger partial charge in [-0.2, -0.15) is 0 Å². The van der Waals surface area contributed by atoms with Crippen molar-refractivity contribution in [3.63, 3.8) is 0 Å². The third-order valence-corrected chi connectivity index (χ3v) is 3.69. The van der Waals surface area contributed by atoms with E-state index in [1.54, 1.807) is 6.92 Å². The number of fused-ring (bicyclic) bond motifs is 1. The van der Waals surface area contributed by atoms with E-state index in [0.717, 1.165) is 26.1 Å². The minimum Gasteiger partial charge on any atom is -0.300 e.